The molecule has 1 heterocycles. The standard InChI is InChI=1S/C13H17N3OS/c1-3-12-15-13(17-16-12)9-18-11-6-4-5-10(7-11)8-14-2/h4-7,14H,3,8-9H2,1-2H3. The molecule has 1 aromatic heterocycles. The molecule has 0 radical (unpaired) electrons. The van der Waals surface area contributed by atoms with Crippen LogP contribution < -0.4 is 5.32 Å². The summed E-state index contributed by atoms with van der Waals surface area (Å²) in [6, 6.07) is 8.46. The number of nitrogens with one attached hydrogen (secondary N) is 1. The average molecular weight is 263 g/mol. The van der Waals surface area contributed by atoms with Crippen LogP contribution in [0, 0.1) is 0 Å². The van der Waals surface area contributed by atoms with E-state index in [1.807, 2.05) is 14.0 Å². The second kappa shape index (κ2) is 6.56. The maximum atomic E-state index is 5.16. The fraction of sp³-hybridized carbons (Fsp3) is 0.385. The van der Waals surface area contributed by atoms with Crippen LogP contribution in [0.5, 0.6) is 0 Å². The van der Waals surface area contributed by atoms with Gasteiger partial charge < -0.3 is 9.84 Å². The highest BCUT2D eigenvalue weighted by Crippen LogP contribution is 2.22. The predicted molar refractivity (Wildman–Crippen MR) is 72.4 cm³/mol. The number of benzene rings is 1. The third kappa shape index (κ3) is 3.58. The summed E-state index contributed by atoms with van der Waals surface area (Å²) in [7, 11) is 1.95. The molecule has 2 aromatic rings. The van der Waals surface area contributed by atoms with E-state index in [0.29, 0.717) is 5.89 Å². The van der Waals surface area contributed by atoms with Crippen molar-refractivity contribution in [2.75, 3.05) is 7.05 Å². The normalized spacial score (nSPS) is 10.8. The highest BCUT2D eigenvalue weighted by atomic mass is 32.2. The van der Waals surface area contributed by atoms with E-state index in [4.69, 9.17) is 4.52 Å². The van der Waals surface area contributed by atoms with Gasteiger partial charge in [0.15, 0.2) is 5.82 Å². The minimum atomic E-state index is 0.691. The number of nitrogens with zero attached hydrogens (tertiary/aromatic N) is 2. The SMILES string of the molecule is CCc1noc(CSc2cccc(CNC)c2)n1. The van der Waals surface area contributed by atoms with E-state index in [9.17, 15) is 0 Å². The van der Waals surface area contributed by atoms with Crippen molar-refractivity contribution in [3.05, 3.63) is 41.5 Å². The fourth-order valence-electron chi connectivity index (χ4n) is 1.59. The third-order valence-electron chi connectivity index (χ3n) is 2.47. The van der Waals surface area contributed by atoms with Crippen molar-refractivity contribution in [2.24, 2.45) is 0 Å². The maximum absolute atomic E-state index is 5.16. The van der Waals surface area contributed by atoms with Crippen molar-refractivity contribution in [1.82, 2.24) is 15.5 Å². The summed E-state index contributed by atoms with van der Waals surface area (Å²) in [6.07, 6.45) is 0.811. The zero-order valence-corrected chi connectivity index (χ0v) is 11.5. The highest BCUT2D eigenvalue weighted by molar-refractivity contribution is 7.98. The van der Waals surface area contributed by atoms with Gasteiger partial charge in [0.1, 0.15) is 0 Å². The van der Waals surface area contributed by atoms with Crippen LogP contribution >= 0.6 is 11.8 Å². The Morgan fingerprint density at radius 2 is 2.28 bits per heavy atom. The number of hydrogen-bond acceptors (Lipinski definition) is 5. The molecule has 2 rings (SSSR count). The molecule has 96 valence electrons. The molecular formula is C13H17N3OS. The molecule has 0 aliphatic rings. The van der Waals surface area contributed by atoms with Crippen LogP contribution in [-0.2, 0) is 18.7 Å². The van der Waals surface area contributed by atoms with Crippen molar-refractivity contribution < 1.29 is 4.52 Å². The quantitative estimate of drug-likeness (QED) is 0.812. The van der Waals surface area contributed by atoms with Gasteiger partial charge >= 0.3 is 0 Å². The zero-order chi connectivity index (χ0) is 12.8. The van der Waals surface area contributed by atoms with E-state index in [1.54, 1.807) is 11.8 Å². The van der Waals surface area contributed by atoms with Crippen LogP contribution in [0.2, 0.25) is 0 Å². The minimum absolute atomic E-state index is 0.691. The molecule has 5 heteroatoms. The van der Waals surface area contributed by atoms with E-state index in [-0.39, 0.29) is 0 Å². The molecule has 0 unspecified atom stereocenters. The topological polar surface area (TPSA) is 51.0 Å². The Balaban J connectivity index is 1.94. The molecule has 0 bridgehead atoms. The summed E-state index contributed by atoms with van der Waals surface area (Å²) in [5.74, 6) is 2.18. The van der Waals surface area contributed by atoms with E-state index in [2.05, 4.69) is 39.7 Å². The highest BCUT2D eigenvalue weighted by Gasteiger charge is 2.05. The summed E-state index contributed by atoms with van der Waals surface area (Å²) in [5.41, 5.74) is 1.28. The van der Waals surface area contributed by atoms with Crippen LogP contribution in [0.1, 0.15) is 24.2 Å². The molecule has 0 spiro atoms. The zero-order valence-electron chi connectivity index (χ0n) is 10.6. The molecule has 0 fully saturated rings. The van der Waals surface area contributed by atoms with Gasteiger partial charge in [-0.2, -0.15) is 4.98 Å². The van der Waals surface area contributed by atoms with Crippen molar-refractivity contribution >= 4 is 11.8 Å². The summed E-state index contributed by atoms with van der Waals surface area (Å²) < 4.78 is 5.16. The third-order valence-corrected chi connectivity index (χ3v) is 3.45. The lowest BCUT2D eigenvalue weighted by atomic mass is 10.2. The Kier molecular flexibility index (Phi) is 4.78. The Labute approximate surface area is 111 Å². The van der Waals surface area contributed by atoms with Crippen LogP contribution in [0.3, 0.4) is 0 Å². The largest absolute Gasteiger partial charge is 0.338 e. The predicted octanol–water partition coefficient (Wildman–Crippen LogP) is 2.64. The summed E-state index contributed by atoms with van der Waals surface area (Å²) in [4.78, 5) is 5.51. The summed E-state index contributed by atoms with van der Waals surface area (Å²) >= 11 is 1.71. The van der Waals surface area contributed by atoms with Gasteiger partial charge in [0.05, 0.1) is 5.75 Å². The molecule has 1 N–H and O–H groups in total. The molecule has 18 heavy (non-hydrogen) atoms. The van der Waals surface area contributed by atoms with Crippen LogP contribution in [0.15, 0.2) is 33.7 Å². The molecule has 1 aromatic carbocycles. The summed E-state index contributed by atoms with van der Waals surface area (Å²) in [6.45, 7) is 2.90. The summed E-state index contributed by atoms with van der Waals surface area (Å²) in [5, 5.41) is 7.03. The monoisotopic (exact) mass is 263 g/mol. The van der Waals surface area contributed by atoms with Gasteiger partial charge in [-0.05, 0) is 24.7 Å². The second-order valence-corrected chi connectivity index (χ2v) is 4.97. The van der Waals surface area contributed by atoms with E-state index >= 15 is 0 Å². The number of aryl methyl sites for hydroxylation is 1. The van der Waals surface area contributed by atoms with Gasteiger partial charge in [-0.15, -0.1) is 11.8 Å². The number of hydrogen-bond donors (Lipinski definition) is 1. The first-order valence-corrected chi connectivity index (χ1v) is 6.98. The molecule has 0 atom stereocenters. The molecule has 4 nitrogen and oxygen atoms in total. The van der Waals surface area contributed by atoms with Crippen LogP contribution in [0.25, 0.3) is 0 Å². The van der Waals surface area contributed by atoms with Crippen molar-refractivity contribution in [2.45, 2.75) is 30.5 Å². The number of aromatic nitrogens is 2. The van der Waals surface area contributed by atoms with Crippen LogP contribution in [0.4, 0.5) is 0 Å². The van der Waals surface area contributed by atoms with Crippen molar-refractivity contribution in [3.63, 3.8) is 0 Å². The molecule has 0 saturated carbocycles. The molecule has 0 aliphatic heterocycles. The van der Waals surface area contributed by atoms with Crippen molar-refractivity contribution in [3.8, 4) is 0 Å². The molecule has 0 aliphatic carbocycles. The number of rotatable bonds is 6. The lowest BCUT2D eigenvalue weighted by Gasteiger charge is -2.03. The lowest BCUT2D eigenvalue weighted by Crippen LogP contribution is -2.04. The smallest absolute Gasteiger partial charge is 0.237 e. The van der Waals surface area contributed by atoms with Crippen molar-refractivity contribution in [1.29, 1.82) is 0 Å². The molecule has 0 amide bonds. The maximum Gasteiger partial charge on any atom is 0.237 e. The Bertz CT molecular complexity index is 498. The van der Waals surface area contributed by atoms with Crippen LogP contribution in [-0.4, -0.2) is 17.2 Å². The van der Waals surface area contributed by atoms with E-state index in [0.717, 1.165) is 24.5 Å². The Hall–Kier alpha value is -1.33. The first kappa shape index (κ1) is 13.1. The van der Waals surface area contributed by atoms with Gasteiger partial charge in [-0.1, -0.05) is 24.2 Å². The first-order chi connectivity index (χ1) is 8.81. The lowest BCUT2D eigenvalue weighted by molar-refractivity contribution is 0.385. The Morgan fingerprint density at radius 3 is 3.00 bits per heavy atom. The molecule has 0 saturated heterocycles. The van der Waals surface area contributed by atoms with Gasteiger partial charge in [0.2, 0.25) is 5.89 Å². The minimum Gasteiger partial charge on any atom is -0.338 e. The van der Waals surface area contributed by atoms with E-state index < -0.39 is 0 Å². The number of thioether (sulfide) groups is 1. The second-order valence-electron chi connectivity index (χ2n) is 3.92. The Morgan fingerprint density at radius 1 is 1.39 bits per heavy atom. The van der Waals surface area contributed by atoms with Gasteiger partial charge in [-0.3, -0.25) is 0 Å². The van der Waals surface area contributed by atoms with Gasteiger partial charge in [-0.25, -0.2) is 0 Å². The molecular weight excluding hydrogens is 246 g/mol. The van der Waals surface area contributed by atoms with Gasteiger partial charge in [0, 0.05) is 17.9 Å². The average Bonchev–Trinajstić information content (AvgIpc) is 2.85. The van der Waals surface area contributed by atoms with Gasteiger partial charge in [0.25, 0.3) is 0 Å². The van der Waals surface area contributed by atoms with E-state index in [1.165, 1.54) is 10.5 Å². The first-order valence-electron chi connectivity index (χ1n) is 5.99. The fourth-order valence-corrected chi connectivity index (χ4v) is 2.40.